The highest BCUT2D eigenvalue weighted by Crippen LogP contribution is 2.47. The molecule has 3 saturated heterocycles. The van der Waals surface area contributed by atoms with Crippen molar-refractivity contribution in [2.24, 2.45) is 17.3 Å². The Morgan fingerprint density at radius 2 is 1.97 bits per heavy atom. The second-order valence-electron chi connectivity index (χ2n) is 11.7. The number of hydrogen-bond acceptors (Lipinski definition) is 3. The zero-order chi connectivity index (χ0) is 24.0. The number of nitrogens with one attached hydrogen (secondary N) is 1. The molecule has 2 aromatic carbocycles. The first kappa shape index (κ1) is 23.3. The Hall–Kier alpha value is -2.40. The molecule has 1 unspecified atom stereocenters. The van der Waals surface area contributed by atoms with Gasteiger partial charge in [0, 0.05) is 12.1 Å². The number of piperidine rings is 3. The Labute approximate surface area is 202 Å². The maximum atomic E-state index is 15.4. The van der Waals surface area contributed by atoms with E-state index in [1.165, 1.54) is 5.56 Å². The van der Waals surface area contributed by atoms with Gasteiger partial charge in [-0.15, -0.1) is 0 Å². The molecular weight excluding hydrogens is 427 g/mol. The SMILES string of the molecule is CC(C)Cc1cccc(-c2cc3c(cc2F)C(NC(=O)O[C@H]2CN4CCC2CC4)C(C)(C)C3)c1. The minimum atomic E-state index is -0.379. The molecule has 0 saturated carbocycles. The fraction of sp³-hybridized carbons (Fsp3) is 0.552. The van der Waals surface area contributed by atoms with Crippen LogP contribution in [0.15, 0.2) is 36.4 Å². The lowest BCUT2D eigenvalue weighted by molar-refractivity contribution is -0.0349. The van der Waals surface area contributed by atoms with E-state index in [4.69, 9.17) is 4.74 Å². The third-order valence-electron chi connectivity index (χ3n) is 7.97. The molecule has 1 N–H and O–H groups in total. The molecule has 2 atom stereocenters. The summed E-state index contributed by atoms with van der Waals surface area (Å²) in [5, 5.41) is 3.10. The molecule has 0 radical (unpaired) electrons. The molecule has 5 heteroatoms. The predicted molar refractivity (Wildman–Crippen MR) is 133 cm³/mol. The number of fused-ring (bicyclic) bond motifs is 4. The van der Waals surface area contributed by atoms with Crippen LogP contribution in [-0.4, -0.2) is 36.7 Å². The average molecular weight is 465 g/mol. The van der Waals surface area contributed by atoms with Crippen molar-refractivity contribution in [2.75, 3.05) is 19.6 Å². The van der Waals surface area contributed by atoms with Crippen molar-refractivity contribution in [3.63, 3.8) is 0 Å². The third-order valence-corrected chi connectivity index (χ3v) is 7.97. The second kappa shape index (κ2) is 8.99. The van der Waals surface area contributed by atoms with Crippen LogP contribution < -0.4 is 5.32 Å². The van der Waals surface area contributed by atoms with Crippen molar-refractivity contribution in [1.29, 1.82) is 0 Å². The molecule has 3 fully saturated rings. The molecule has 4 aliphatic rings. The van der Waals surface area contributed by atoms with Crippen LogP contribution in [0.4, 0.5) is 9.18 Å². The summed E-state index contributed by atoms with van der Waals surface area (Å²) in [4.78, 5) is 15.3. The van der Waals surface area contributed by atoms with Gasteiger partial charge < -0.3 is 10.1 Å². The maximum Gasteiger partial charge on any atom is 0.407 e. The number of benzene rings is 2. The number of rotatable bonds is 5. The van der Waals surface area contributed by atoms with Gasteiger partial charge >= 0.3 is 6.09 Å². The summed E-state index contributed by atoms with van der Waals surface area (Å²) < 4.78 is 21.3. The zero-order valence-electron chi connectivity index (χ0n) is 20.9. The molecule has 4 nitrogen and oxygen atoms in total. The summed E-state index contributed by atoms with van der Waals surface area (Å²) in [7, 11) is 0. The van der Waals surface area contributed by atoms with Gasteiger partial charge in [-0.25, -0.2) is 9.18 Å². The molecule has 1 amide bonds. The van der Waals surface area contributed by atoms with Crippen LogP contribution >= 0.6 is 0 Å². The highest BCUT2D eigenvalue weighted by Gasteiger charge is 2.42. The molecule has 3 aliphatic heterocycles. The Balaban J connectivity index is 1.36. The minimum absolute atomic E-state index is 0.0382. The number of nitrogens with zero attached hydrogens (tertiary/aromatic N) is 1. The van der Waals surface area contributed by atoms with E-state index in [1.807, 2.05) is 18.2 Å². The van der Waals surface area contributed by atoms with Crippen molar-refractivity contribution in [3.8, 4) is 11.1 Å². The minimum Gasteiger partial charge on any atom is -0.445 e. The summed E-state index contributed by atoms with van der Waals surface area (Å²) in [6.07, 6.45) is 3.54. The van der Waals surface area contributed by atoms with Gasteiger partial charge in [0.05, 0.1) is 6.04 Å². The number of ether oxygens (including phenoxy) is 1. The lowest BCUT2D eigenvalue weighted by Gasteiger charge is -2.44. The second-order valence-corrected chi connectivity index (χ2v) is 11.7. The van der Waals surface area contributed by atoms with E-state index in [0.717, 1.165) is 62.0 Å². The largest absolute Gasteiger partial charge is 0.445 e. The van der Waals surface area contributed by atoms with Crippen LogP contribution in [0.5, 0.6) is 0 Å². The lowest BCUT2D eigenvalue weighted by Crippen LogP contribution is -2.53. The van der Waals surface area contributed by atoms with E-state index < -0.39 is 0 Å². The van der Waals surface area contributed by atoms with Gasteiger partial charge in [-0.3, -0.25) is 4.90 Å². The van der Waals surface area contributed by atoms with E-state index >= 15 is 4.39 Å². The van der Waals surface area contributed by atoms with E-state index in [9.17, 15) is 4.79 Å². The van der Waals surface area contributed by atoms with Crippen LogP contribution in [0.2, 0.25) is 0 Å². The molecule has 2 aromatic rings. The van der Waals surface area contributed by atoms with Gasteiger partial charge in [0.1, 0.15) is 11.9 Å². The molecule has 34 heavy (non-hydrogen) atoms. The van der Waals surface area contributed by atoms with Crippen molar-refractivity contribution in [3.05, 3.63) is 58.9 Å². The smallest absolute Gasteiger partial charge is 0.407 e. The molecule has 3 heterocycles. The number of alkyl carbamates (subject to hydrolysis) is 1. The fourth-order valence-corrected chi connectivity index (χ4v) is 6.23. The number of hydrogen-bond donors (Lipinski definition) is 1. The van der Waals surface area contributed by atoms with Gasteiger partial charge in [-0.2, -0.15) is 0 Å². The van der Waals surface area contributed by atoms with Gasteiger partial charge in [0.25, 0.3) is 0 Å². The van der Waals surface area contributed by atoms with Crippen LogP contribution in [0.1, 0.15) is 63.3 Å². The summed E-state index contributed by atoms with van der Waals surface area (Å²) >= 11 is 0. The number of amides is 1. The van der Waals surface area contributed by atoms with Crippen LogP contribution in [-0.2, 0) is 17.6 Å². The van der Waals surface area contributed by atoms with Crippen molar-refractivity contribution in [1.82, 2.24) is 10.2 Å². The molecule has 0 aromatic heterocycles. The van der Waals surface area contributed by atoms with Crippen molar-refractivity contribution in [2.45, 2.75) is 65.5 Å². The van der Waals surface area contributed by atoms with Crippen molar-refractivity contribution >= 4 is 6.09 Å². The number of halogens is 1. The van der Waals surface area contributed by atoms with E-state index in [-0.39, 0.29) is 29.5 Å². The quantitative estimate of drug-likeness (QED) is 0.578. The Bertz CT molecular complexity index is 1070. The van der Waals surface area contributed by atoms with Gasteiger partial charge in [-0.05, 0) is 90.4 Å². The molecule has 0 spiro atoms. The number of carbonyl (C=O) groups is 1. The van der Waals surface area contributed by atoms with Crippen LogP contribution in [0.3, 0.4) is 0 Å². The van der Waals surface area contributed by atoms with E-state index in [0.29, 0.717) is 17.4 Å². The first-order chi connectivity index (χ1) is 16.2. The van der Waals surface area contributed by atoms with Crippen LogP contribution in [0.25, 0.3) is 11.1 Å². The number of carbonyl (C=O) groups excluding carboxylic acids is 1. The molecule has 1 aliphatic carbocycles. The monoisotopic (exact) mass is 464 g/mol. The van der Waals surface area contributed by atoms with Crippen molar-refractivity contribution < 1.29 is 13.9 Å². The van der Waals surface area contributed by atoms with Gasteiger partial charge in [0.2, 0.25) is 0 Å². The summed E-state index contributed by atoms with van der Waals surface area (Å²) in [5.74, 6) is 0.773. The maximum absolute atomic E-state index is 15.4. The highest BCUT2D eigenvalue weighted by molar-refractivity contribution is 5.71. The normalized spacial score (nSPS) is 27.0. The third kappa shape index (κ3) is 4.59. The summed E-state index contributed by atoms with van der Waals surface area (Å²) in [6.45, 7) is 11.7. The lowest BCUT2D eigenvalue weighted by atomic mass is 9.85. The molecular formula is C29H37FN2O2. The van der Waals surface area contributed by atoms with E-state index in [1.54, 1.807) is 6.07 Å². The van der Waals surface area contributed by atoms with E-state index in [2.05, 4.69) is 50.0 Å². The molecule has 6 rings (SSSR count). The first-order valence-electron chi connectivity index (χ1n) is 12.8. The Morgan fingerprint density at radius 1 is 1.21 bits per heavy atom. The molecule has 182 valence electrons. The van der Waals surface area contributed by atoms with Gasteiger partial charge in [-0.1, -0.05) is 52.0 Å². The summed E-state index contributed by atoms with van der Waals surface area (Å²) in [5.41, 5.74) is 4.52. The fourth-order valence-electron chi connectivity index (χ4n) is 6.23. The Morgan fingerprint density at radius 3 is 2.65 bits per heavy atom. The average Bonchev–Trinajstić information content (AvgIpc) is 3.02. The summed E-state index contributed by atoms with van der Waals surface area (Å²) in [6, 6.07) is 11.6. The Kier molecular flexibility index (Phi) is 6.18. The highest BCUT2D eigenvalue weighted by atomic mass is 19.1. The van der Waals surface area contributed by atoms with Crippen LogP contribution in [0, 0.1) is 23.1 Å². The predicted octanol–water partition coefficient (Wildman–Crippen LogP) is 6.14. The molecule has 2 bridgehead atoms. The topological polar surface area (TPSA) is 41.6 Å². The van der Waals surface area contributed by atoms with Gasteiger partial charge in [0.15, 0.2) is 0 Å². The standard InChI is InChI=1S/C29H37FN2O2/c1-18(2)12-19-6-5-7-21(13-19)23-14-22-16-29(3,4)27(24(22)15-25(23)30)31-28(33)34-26-17-32-10-8-20(26)9-11-32/h5-7,13-15,18,20,26-27H,8-12,16-17H2,1-4H3,(H,31,33)/t26-,27?/m0/s1. The zero-order valence-corrected chi connectivity index (χ0v) is 20.9. The first-order valence-corrected chi connectivity index (χ1v) is 12.8.